The van der Waals surface area contributed by atoms with Crippen molar-refractivity contribution in [2.75, 3.05) is 39.3 Å². The van der Waals surface area contributed by atoms with Crippen LogP contribution < -0.4 is 14.2 Å². The number of carbonyl (C=O) groups is 1. The Morgan fingerprint density at radius 3 is 2.51 bits per heavy atom. The summed E-state index contributed by atoms with van der Waals surface area (Å²) in [5.41, 5.74) is 1.57. The van der Waals surface area contributed by atoms with Gasteiger partial charge in [-0.3, -0.25) is 0 Å². The molecule has 8 nitrogen and oxygen atoms in total. The van der Waals surface area contributed by atoms with Gasteiger partial charge in [-0.25, -0.2) is 13.2 Å². The van der Waals surface area contributed by atoms with Gasteiger partial charge in [0.15, 0.2) is 21.3 Å². The van der Waals surface area contributed by atoms with Crippen molar-refractivity contribution in [2.24, 2.45) is 0 Å². The monoisotopic (exact) mass is 504 g/mol. The second-order valence-corrected chi connectivity index (χ2v) is 9.97. The molecule has 0 spiro atoms. The minimum Gasteiger partial charge on any atom is -0.490 e. The summed E-state index contributed by atoms with van der Waals surface area (Å²) in [6.45, 7) is 6.31. The number of rotatable bonds is 12. The van der Waals surface area contributed by atoms with Crippen LogP contribution in [0.1, 0.15) is 37.8 Å². The summed E-state index contributed by atoms with van der Waals surface area (Å²) in [5.74, 6) is 1.03. The van der Waals surface area contributed by atoms with Crippen LogP contribution in [0.15, 0.2) is 46.9 Å². The topological polar surface area (TPSA) is 97.4 Å². The van der Waals surface area contributed by atoms with Crippen LogP contribution in [0.2, 0.25) is 0 Å². The molecule has 0 fully saturated rings. The molecule has 2 aromatic rings. The van der Waals surface area contributed by atoms with Crippen LogP contribution in [-0.4, -0.2) is 53.7 Å². The maximum Gasteiger partial charge on any atom is 0.333 e. The van der Waals surface area contributed by atoms with E-state index < -0.39 is 15.8 Å². The molecule has 1 aliphatic heterocycles. The van der Waals surface area contributed by atoms with Gasteiger partial charge in [0.25, 0.3) is 0 Å². The lowest BCUT2D eigenvalue weighted by atomic mass is 10.1. The fourth-order valence-electron chi connectivity index (χ4n) is 3.57. The molecule has 0 aliphatic carbocycles. The normalized spacial score (nSPS) is 14.3. The summed E-state index contributed by atoms with van der Waals surface area (Å²) in [5, 5.41) is 0. The third-order valence-corrected chi connectivity index (χ3v) is 7.06. The van der Waals surface area contributed by atoms with Gasteiger partial charge in [0.05, 0.1) is 31.0 Å². The third kappa shape index (κ3) is 7.22. The van der Waals surface area contributed by atoms with Gasteiger partial charge in [-0.2, -0.15) is 0 Å². The van der Waals surface area contributed by atoms with Crippen molar-refractivity contribution in [1.29, 1.82) is 0 Å². The summed E-state index contributed by atoms with van der Waals surface area (Å²) < 4.78 is 53.0. The zero-order valence-corrected chi connectivity index (χ0v) is 21.2. The van der Waals surface area contributed by atoms with Gasteiger partial charge in [-0.05, 0) is 67.3 Å². The van der Waals surface area contributed by atoms with Crippen molar-refractivity contribution in [2.45, 2.75) is 38.2 Å². The van der Waals surface area contributed by atoms with E-state index in [9.17, 15) is 13.2 Å². The molecular weight excluding hydrogens is 472 g/mol. The number of hydrogen-bond donors (Lipinski definition) is 0. The smallest absolute Gasteiger partial charge is 0.333 e. The average molecular weight is 505 g/mol. The number of ether oxygens (including phenoxy) is 5. The van der Waals surface area contributed by atoms with E-state index in [1.165, 1.54) is 13.2 Å². The highest BCUT2D eigenvalue weighted by molar-refractivity contribution is 7.91. The van der Waals surface area contributed by atoms with Gasteiger partial charge in [0.2, 0.25) is 0 Å². The molecule has 0 unspecified atom stereocenters. The fourth-order valence-corrected chi connectivity index (χ4v) is 5.03. The number of sulfone groups is 1. The molecule has 0 N–H and O–H groups in total. The number of carbonyl (C=O) groups excluding carboxylic acids is 1. The van der Waals surface area contributed by atoms with Gasteiger partial charge in [-0.15, -0.1) is 0 Å². The highest BCUT2D eigenvalue weighted by Crippen LogP contribution is 2.31. The Morgan fingerprint density at radius 2 is 1.77 bits per heavy atom. The summed E-state index contributed by atoms with van der Waals surface area (Å²) in [6.07, 6.45) is 2.61. The second kappa shape index (κ2) is 12.6. The SMILES string of the molecule is CCCOCCOc1ccc(COc2ccc3c(c2)C=C(C(=O)OC)CCS3(=O)=O)cc1OCC. The standard InChI is InChI=1S/C26H32O8S/c1-4-11-31-12-13-33-23-8-6-19(15-24(23)32-5-2)18-34-22-7-9-25-21(17-22)16-20(26(27)30-3)10-14-35(25,28)29/h6-9,15-17H,4-5,10-14,18H2,1-3H3. The molecule has 0 aromatic heterocycles. The van der Waals surface area contributed by atoms with E-state index in [4.69, 9.17) is 23.7 Å². The van der Waals surface area contributed by atoms with Crippen molar-refractivity contribution >= 4 is 21.9 Å². The summed E-state index contributed by atoms with van der Waals surface area (Å²) in [4.78, 5) is 12.2. The molecule has 0 amide bonds. The maximum absolute atomic E-state index is 12.6. The lowest BCUT2D eigenvalue weighted by Gasteiger charge is -2.14. The first-order valence-corrected chi connectivity index (χ1v) is 13.3. The second-order valence-electron chi connectivity index (χ2n) is 7.89. The van der Waals surface area contributed by atoms with Gasteiger partial charge in [0.1, 0.15) is 19.0 Å². The predicted octanol–water partition coefficient (Wildman–Crippen LogP) is 4.20. The van der Waals surface area contributed by atoms with E-state index in [0.29, 0.717) is 54.8 Å². The molecule has 1 heterocycles. The minimum atomic E-state index is -3.52. The molecule has 0 saturated carbocycles. The number of hydrogen-bond acceptors (Lipinski definition) is 8. The number of benzene rings is 2. The first kappa shape index (κ1) is 26.6. The molecule has 0 atom stereocenters. The largest absolute Gasteiger partial charge is 0.490 e. The number of esters is 1. The molecule has 35 heavy (non-hydrogen) atoms. The Bertz CT molecular complexity index is 1150. The van der Waals surface area contributed by atoms with E-state index in [0.717, 1.165) is 12.0 Å². The summed E-state index contributed by atoms with van der Waals surface area (Å²) in [7, 11) is -2.25. The molecule has 3 rings (SSSR count). The Balaban J connectivity index is 1.74. The molecule has 1 aliphatic rings. The number of fused-ring (bicyclic) bond motifs is 1. The third-order valence-electron chi connectivity index (χ3n) is 5.28. The Morgan fingerprint density at radius 1 is 0.943 bits per heavy atom. The molecule has 2 aromatic carbocycles. The maximum atomic E-state index is 12.6. The quantitative estimate of drug-likeness (QED) is 0.313. The lowest BCUT2D eigenvalue weighted by molar-refractivity contribution is -0.136. The Hall–Kier alpha value is -3.04. The number of methoxy groups -OCH3 is 1. The zero-order chi connectivity index (χ0) is 25.3. The van der Waals surface area contributed by atoms with Crippen molar-refractivity contribution < 1.29 is 36.9 Å². The average Bonchev–Trinajstić information content (AvgIpc) is 2.98. The zero-order valence-electron chi connectivity index (χ0n) is 20.4. The Kier molecular flexibility index (Phi) is 9.56. The molecular formula is C26H32O8S. The van der Waals surface area contributed by atoms with Crippen LogP contribution >= 0.6 is 0 Å². The molecule has 0 bridgehead atoms. The van der Waals surface area contributed by atoms with Crippen molar-refractivity contribution in [3.8, 4) is 17.2 Å². The van der Waals surface area contributed by atoms with Crippen LogP contribution in [0.4, 0.5) is 0 Å². The van der Waals surface area contributed by atoms with Gasteiger partial charge in [-0.1, -0.05) is 13.0 Å². The van der Waals surface area contributed by atoms with Crippen molar-refractivity contribution in [3.05, 3.63) is 53.1 Å². The summed E-state index contributed by atoms with van der Waals surface area (Å²) in [6, 6.07) is 10.3. The Labute approximate surface area is 206 Å². The molecule has 190 valence electrons. The first-order chi connectivity index (χ1) is 16.9. The van der Waals surface area contributed by atoms with E-state index in [-0.39, 0.29) is 23.7 Å². The van der Waals surface area contributed by atoms with E-state index in [1.54, 1.807) is 18.2 Å². The van der Waals surface area contributed by atoms with Crippen molar-refractivity contribution in [3.63, 3.8) is 0 Å². The van der Waals surface area contributed by atoms with E-state index >= 15 is 0 Å². The van der Waals surface area contributed by atoms with Crippen LogP contribution in [0, 0.1) is 0 Å². The van der Waals surface area contributed by atoms with Crippen LogP contribution in [0.5, 0.6) is 17.2 Å². The predicted molar refractivity (Wildman–Crippen MR) is 132 cm³/mol. The first-order valence-electron chi connectivity index (χ1n) is 11.6. The van der Waals surface area contributed by atoms with E-state index in [2.05, 4.69) is 6.92 Å². The molecule has 9 heteroatoms. The summed E-state index contributed by atoms with van der Waals surface area (Å²) >= 11 is 0. The fraction of sp³-hybridized carbons (Fsp3) is 0.423. The lowest BCUT2D eigenvalue weighted by Crippen LogP contribution is -2.10. The van der Waals surface area contributed by atoms with Crippen LogP contribution in [0.25, 0.3) is 6.08 Å². The molecule has 0 saturated heterocycles. The highest BCUT2D eigenvalue weighted by atomic mass is 32.2. The van der Waals surface area contributed by atoms with Gasteiger partial charge < -0.3 is 23.7 Å². The van der Waals surface area contributed by atoms with Crippen LogP contribution in [-0.2, 0) is 30.7 Å². The van der Waals surface area contributed by atoms with Crippen LogP contribution in [0.3, 0.4) is 0 Å². The van der Waals surface area contributed by atoms with Gasteiger partial charge in [0, 0.05) is 12.2 Å². The van der Waals surface area contributed by atoms with Crippen molar-refractivity contribution in [1.82, 2.24) is 0 Å². The minimum absolute atomic E-state index is 0.0965. The van der Waals surface area contributed by atoms with Gasteiger partial charge >= 0.3 is 5.97 Å². The highest BCUT2D eigenvalue weighted by Gasteiger charge is 2.25. The van der Waals surface area contributed by atoms with E-state index in [1.807, 2.05) is 25.1 Å². The molecule has 0 radical (unpaired) electrons.